The van der Waals surface area contributed by atoms with E-state index in [4.69, 9.17) is 4.74 Å². The summed E-state index contributed by atoms with van der Waals surface area (Å²) < 4.78 is 18.8. The third-order valence-corrected chi connectivity index (χ3v) is 3.26. The van der Waals surface area contributed by atoms with E-state index in [1.807, 2.05) is 12.1 Å². The lowest BCUT2D eigenvalue weighted by molar-refractivity contribution is 0.303. The van der Waals surface area contributed by atoms with E-state index in [1.165, 1.54) is 17.7 Å². The summed E-state index contributed by atoms with van der Waals surface area (Å²) in [5.41, 5.74) is 2.41. The molecular weight excluding hydrogens is 265 g/mol. The van der Waals surface area contributed by atoms with Crippen LogP contribution < -0.4 is 10.1 Å². The van der Waals surface area contributed by atoms with Crippen LogP contribution in [0.3, 0.4) is 0 Å². The minimum Gasteiger partial charge on any atom is -0.489 e. The van der Waals surface area contributed by atoms with Crippen LogP contribution in [0, 0.1) is 5.82 Å². The van der Waals surface area contributed by atoms with Gasteiger partial charge in [0.05, 0.1) is 0 Å². The molecule has 0 radical (unpaired) electrons. The molecule has 2 nitrogen and oxygen atoms in total. The van der Waals surface area contributed by atoms with Gasteiger partial charge >= 0.3 is 0 Å². The number of rotatable bonds is 7. The van der Waals surface area contributed by atoms with Crippen LogP contribution in [0.2, 0.25) is 0 Å². The molecule has 0 atom stereocenters. The van der Waals surface area contributed by atoms with Gasteiger partial charge in [0.25, 0.3) is 0 Å². The van der Waals surface area contributed by atoms with Crippen molar-refractivity contribution in [2.75, 3.05) is 6.54 Å². The zero-order valence-corrected chi connectivity index (χ0v) is 12.6. The SMILES string of the molecule is CC(C)NCCc1ccccc1COc1cccc(F)c1. The lowest BCUT2D eigenvalue weighted by Gasteiger charge is -2.13. The second kappa shape index (κ2) is 7.79. The summed E-state index contributed by atoms with van der Waals surface area (Å²) in [5, 5.41) is 3.41. The Kier molecular flexibility index (Phi) is 5.76. The highest BCUT2D eigenvalue weighted by Gasteiger charge is 2.04. The maximum atomic E-state index is 13.1. The minimum absolute atomic E-state index is 0.276. The molecule has 0 spiro atoms. The molecule has 0 aliphatic rings. The van der Waals surface area contributed by atoms with Crippen molar-refractivity contribution in [3.8, 4) is 5.75 Å². The number of benzene rings is 2. The van der Waals surface area contributed by atoms with Crippen LogP contribution in [0.4, 0.5) is 4.39 Å². The Morgan fingerprint density at radius 3 is 2.52 bits per heavy atom. The quantitative estimate of drug-likeness (QED) is 0.832. The van der Waals surface area contributed by atoms with Gasteiger partial charge in [-0.15, -0.1) is 0 Å². The Bertz CT molecular complexity index is 569. The van der Waals surface area contributed by atoms with Gasteiger partial charge in [0.15, 0.2) is 0 Å². The molecule has 3 heteroatoms. The van der Waals surface area contributed by atoms with Crippen molar-refractivity contribution in [1.29, 1.82) is 0 Å². The van der Waals surface area contributed by atoms with Crippen molar-refractivity contribution >= 4 is 0 Å². The van der Waals surface area contributed by atoms with Crippen molar-refractivity contribution in [1.82, 2.24) is 5.32 Å². The van der Waals surface area contributed by atoms with Crippen LogP contribution in [0.1, 0.15) is 25.0 Å². The van der Waals surface area contributed by atoms with Gasteiger partial charge in [-0.1, -0.05) is 44.2 Å². The van der Waals surface area contributed by atoms with E-state index in [-0.39, 0.29) is 5.82 Å². The summed E-state index contributed by atoms with van der Waals surface area (Å²) in [6.45, 7) is 5.67. The molecule has 0 amide bonds. The van der Waals surface area contributed by atoms with Crippen LogP contribution in [0.25, 0.3) is 0 Å². The van der Waals surface area contributed by atoms with E-state index in [0.717, 1.165) is 18.5 Å². The zero-order valence-electron chi connectivity index (χ0n) is 12.6. The molecule has 0 heterocycles. The summed E-state index contributed by atoms with van der Waals surface area (Å²) in [5.74, 6) is 0.284. The monoisotopic (exact) mass is 287 g/mol. The van der Waals surface area contributed by atoms with Gasteiger partial charge in [-0.25, -0.2) is 4.39 Å². The van der Waals surface area contributed by atoms with Crippen molar-refractivity contribution in [3.63, 3.8) is 0 Å². The molecular formula is C18H22FNO. The van der Waals surface area contributed by atoms with Crippen molar-refractivity contribution < 1.29 is 9.13 Å². The molecule has 0 bridgehead atoms. The van der Waals surface area contributed by atoms with Crippen molar-refractivity contribution in [2.45, 2.75) is 32.9 Å². The zero-order chi connectivity index (χ0) is 15.1. The molecule has 1 N–H and O–H groups in total. The van der Waals surface area contributed by atoms with Gasteiger partial charge < -0.3 is 10.1 Å². The number of nitrogens with one attached hydrogen (secondary N) is 1. The topological polar surface area (TPSA) is 21.3 Å². The third-order valence-electron chi connectivity index (χ3n) is 3.26. The van der Waals surface area contributed by atoms with Crippen LogP contribution in [-0.4, -0.2) is 12.6 Å². The predicted octanol–water partition coefficient (Wildman–Crippen LogP) is 3.95. The number of ether oxygens (including phenoxy) is 1. The molecule has 0 aliphatic heterocycles. The molecule has 0 aromatic heterocycles. The Labute approximate surface area is 126 Å². The molecule has 0 saturated carbocycles. The van der Waals surface area contributed by atoms with E-state index >= 15 is 0 Å². The fourth-order valence-corrected chi connectivity index (χ4v) is 2.16. The van der Waals surface area contributed by atoms with E-state index in [1.54, 1.807) is 12.1 Å². The van der Waals surface area contributed by atoms with Gasteiger partial charge in [-0.2, -0.15) is 0 Å². The first-order valence-electron chi connectivity index (χ1n) is 7.33. The van der Waals surface area contributed by atoms with Crippen LogP contribution in [-0.2, 0) is 13.0 Å². The summed E-state index contributed by atoms with van der Waals surface area (Å²) in [7, 11) is 0. The molecule has 0 unspecified atom stereocenters. The predicted molar refractivity (Wildman–Crippen MR) is 84.0 cm³/mol. The standard InChI is InChI=1S/C18H22FNO/c1-14(2)20-11-10-15-6-3-4-7-16(15)13-21-18-9-5-8-17(19)12-18/h3-9,12,14,20H,10-11,13H2,1-2H3. The summed E-state index contributed by atoms with van der Waals surface area (Å²) in [6, 6.07) is 15.0. The van der Waals surface area contributed by atoms with Crippen LogP contribution in [0.5, 0.6) is 5.75 Å². The first-order chi connectivity index (χ1) is 10.1. The fourth-order valence-electron chi connectivity index (χ4n) is 2.16. The number of halogens is 1. The molecule has 2 rings (SSSR count). The summed E-state index contributed by atoms with van der Waals surface area (Å²) in [4.78, 5) is 0. The van der Waals surface area contributed by atoms with Gasteiger partial charge in [0.2, 0.25) is 0 Å². The molecule has 112 valence electrons. The second-order valence-corrected chi connectivity index (χ2v) is 5.37. The van der Waals surface area contributed by atoms with Crippen molar-refractivity contribution in [3.05, 3.63) is 65.5 Å². The highest BCUT2D eigenvalue weighted by atomic mass is 19.1. The van der Waals surface area contributed by atoms with Gasteiger partial charge in [-0.3, -0.25) is 0 Å². The second-order valence-electron chi connectivity index (χ2n) is 5.37. The van der Waals surface area contributed by atoms with Crippen LogP contribution in [0.15, 0.2) is 48.5 Å². The first kappa shape index (κ1) is 15.5. The number of hydrogen-bond donors (Lipinski definition) is 1. The largest absolute Gasteiger partial charge is 0.489 e. The molecule has 0 aliphatic carbocycles. The summed E-state index contributed by atoms with van der Waals surface area (Å²) in [6.07, 6.45) is 0.959. The fraction of sp³-hybridized carbons (Fsp3) is 0.333. The molecule has 0 saturated heterocycles. The van der Waals surface area contributed by atoms with E-state index in [0.29, 0.717) is 18.4 Å². The molecule has 2 aromatic rings. The highest BCUT2D eigenvalue weighted by Crippen LogP contribution is 2.16. The third kappa shape index (κ3) is 5.20. The Hall–Kier alpha value is -1.87. The molecule has 0 fully saturated rings. The Balaban J connectivity index is 1.96. The smallest absolute Gasteiger partial charge is 0.126 e. The van der Waals surface area contributed by atoms with Gasteiger partial charge in [0, 0.05) is 12.1 Å². The molecule has 21 heavy (non-hydrogen) atoms. The Morgan fingerprint density at radius 2 is 1.81 bits per heavy atom. The number of hydrogen-bond acceptors (Lipinski definition) is 2. The maximum Gasteiger partial charge on any atom is 0.126 e. The average Bonchev–Trinajstić information content (AvgIpc) is 2.46. The van der Waals surface area contributed by atoms with Gasteiger partial charge in [0.1, 0.15) is 18.2 Å². The van der Waals surface area contributed by atoms with E-state index in [9.17, 15) is 4.39 Å². The highest BCUT2D eigenvalue weighted by molar-refractivity contribution is 5.28. The first-order valence-corrected chi connectivity index (χ1v) is 7.33. The van der Waals surface area contributed by atoms with E-state index in [2.05, 4.69) is 31.3 Å². The maximum absolute atomic E-state index is 13.1. The van der Waals surface area contributed by atoms with E-state index < -0.39 is 0 Å². The summed E-state index contributed by atoms with van der Waals surface area (Å²) >= 11 is 0. The van der Waals surface area contributed by atoms with Gasteiger partial charge in [-0.05, 0) is 36.2 Å². The lowest BCUT2D eigenvalue weighted by atomic mass is 10.1. The normalized spacial score (nSPS) is 10.9. The van der Waals surface area contributed by atoms with Crippen LogP contribution >= 0.6 is 0 Å². The average molecular weight is 287 g/mol. The van der Waals surface area contributed by atoms with Crippen molar-refractivity contribution in [2.24, 2.45) is 0 Å². The Morgan fingerprint density at radius 1 is 1.05 bits per heavy atom. The molecule has 2 aromatic carbocycles. The lowest BCUT2D eigenvalue weighted by Crippen LogP contribution is -2.25. The minimum atomic E-state index is -0.276.